The number of carboxylic acids is 1. The largest absolute Gasteiger partial charge is 0.481 e. The van der Waals surface area contributed by atoms with E-state index in [1.54, 1.807) is 0 Å². The van der Waals surface area contributed by atoms with Crippen LogP contribution < -0.4 is 5.32 Å². The van der Waals surface area contributed by atoms with Crippen LogP contribution in [0.4, 0.5) is 0 Å². The molecule has 0 saturated heterocycles. The Kier molecular flexibility index (Phi) is 2.81. The average molecular weight is 259 g/mol. The minimum atomic E-state index is -1.07. The van der Waals surface area contributed by atoms with Crippen LogP contribution in [0.2, 0.25) is 0 Å². The van der Waals surface area contributed by atoms with Gasteiger partial charge < -0.3 is 10.4 Å². The van der Waals surface area contributed by atoms with E-state index in [1.165, 1.54) is 18.1 Å². The summed E-state index contributed by atoms with van der Waals surface area (Å²) in [5.74, 6) is -1.54. The van der Waals surface area contributed by atoms with E-state index in [0.29, 0.717) is 11.8 Å². The van der Waals surface area contributed by atoms with Gasteiger partial charge in [0.25, 0.3) is 0 Å². The molecule has 4 nitrogen and oxygen atoms in total. The highest BCUT2D eigenvalue weighted by Gasteiger charge is 2.54. The number of hydrogen-bond acceptors (Lipinski definition) is 2. The van der Waals surface area contributed by atoms with Gasteiger partial charge in [0.1, 0.15) is 5.92 Å². The predicted molar refractivity (Wildman–Crippen MR) is 69.7 cm³/mol. The van der Waals surface area contributed by atoms with Crippen LogP contribution in [0, 0.1) is 11.8 Å². The van der Waals surface area contributed by atoms with Crippen molar-refractivity contribution in [3.05, 3.63) is 35.4 Å². The molecule has 2 aliphatic carbocycles. The molecule has 2 N–H and O–H groups in total. The summed E-state index contributed by atoms with van der Waals surface area (Å²) in [5.41, 5.74) is 2.69. The molecule has 1 amide bonds. The number of hydrogen-bond donors (Lipinski definition) is 2. The summed E-state index contributed by atoms with van der Waals surface area (Å²) in [5, 5.41) is 11.7. The van der Waals surface area contributed by atoms with Gasteiger partial charge in [-0.25, -0.2) is 0 Å². The van der Waals surface area contributed by atoms with Gasteiger partial charge in [0.2, 0.25) is 5.91 Å². The van der Waals surface area contributed by atoms with E-state index in [4.69, 9.17) is 5.11 Å². The zero-order valence-corrected chi connectivity index (χ0v) is 10.8. The minimum absolute atomic E-state index is 0.123. The topological polar surface area (TPSA) is 66.4 Å². The highest BCUT2D eigenvalue weighted by molar-refractivity contribution is 5.96. The first-order valence-electron chi connectivity index (χ1n) is 6.70. The molecule has 0 radical (unpaired) electrons. The van der Waals surface area contributed by atoms with Crippen LogP contribution in [-0.2, 0) is 16.0 Å². The van der Waals surface area contributed by atoms with Gasteiger partial charge in [-0.2, -0.15) is 0 Å². The highest BCUT2D eigenvalue weighted by Crippen LogP contribution is 2.54. The fraction of sp³-hybridized carbons (Fsp3) is 0.467. The normalized spacial score (nSPS) is 28.8. The third-order valence-electron chi connectivity index (χ3n) is 4.40. The maximum atomic E-state index is 11.8. The second-order valence-corrected chi connectivity index (χ2v) is 5.52. The third kappa shape index (κ3) is 2.01. The summed E-state index contributed by atoms with van der Waals surface area (Å²) in [6, 6.07) is 8.46. The van der Waals surface area contributed by atoms with Gasteiger partial charge >= 0.3 is 5.97 Å². The molecule has 3 rings (SSSR count). The highest BCUT2D eigenvalue weighted by atomic mass is 16.4. The molecular formula is C15H17NO3. The molecule has 4 atom stereocenters. The molecule has 0 aliphatic heterocycles. The van der Waals surface area contributed by atoms with Crippen molar-refractivity contribution < 1.29 is 14.7 Å². The molecule has 1 saturated carbocycles. The molecule has 0 bridgehead atoms. The van der Waals surface area contributed by atoms with E-state index in [9.17, 15) is 9.59 Å². The lowest BCUT2D eigenvalue weighted by Crippen LogP contribution is -2.36. The fourth-order valence-corrected chi connectivity index (χ4v) is 3.16. The van der Waals surface area contributed by atoms with Crippen LogP contribution in [0.1, 0.15) is 30.4 Å². The zero-order valence-electron chi connectivity index (χ0n) is 10.8. The lowest BCUT2D eigenvalue weighted by Gasteiger charge is -2.13. The molecule has 0 heterocycles. The molecular weight excluding hydrogens is 242 g/mol. The summed E-state index contributed by atoms with van der Waals surface area (Å²) >= 11 is 0. The van der Waals surface area contributed by atoms with E-state index in [0.717, 1.165) is 12.8 Å². The van der Waals surface area contributed by atoms with Gasteiger partial charge in [-0.3, -0.25) is 9.59 Å². The monoisotopic (exact) mass is 259 g/mol. The lowest BCUT2D eigenvalue weighted by atomic mass is 9.92. The molecule has 4 unspecified atom stereocenters. The summed E-state index contributed by atoms with van der Waals surface area (Å²) < 4.78 is 0. The molecule has 1 aromatic rings. The molecule has 4 heteroatoms. The van der Waals surface area contributed by atoms with Crippen LogP contribution in [-0.4, -0.2) is 23.0 Å². The van der Waals surface area contributed by atoms with Crippen molar-refractivity contribution in [2.75, 3.05) is 0 Å². The van der Waals surface area contributed by atoms with Crippen LogP contribution in [0.25, 0.3) is 0 Å². The number of benzene rings is 1. The standard InChI is InChI=1S/C15H17NO3/c1-8(15(18)19)14(17)16-13-11-7-6-9-4-2-3-5-10(9)12(11)13/h2-5,8,11-13H,6-7H2,1H3,(H,16,17)(H,18,19). The molecule has 19 heavy (non-hydrogen) atoms. The number of amides is 1. The van der Waals surface area contributed by atoms with Crippen molar-refractivity contribution in [3.8, 4) is 0 Å². The van der Waals surface area contributed by atoms with Crippen molar-refractivity contribution in [3.63, 3.8) is 0 Å². The zero-order chi connectivity index (χ0) is 13.6. The maximum Gasteiger partial charge on any atom is 0.315 e. The van der Waals surface area contributed by atoms with Crippen molar-refractivity contribution in [2.45, 2.75) is 31.7 Å². The first-order valence-corrected chi connectivity index (χ1v) is 6.70. The van der Waals surface area contributed by atoms with Gasteiger partial charge in [0.05, 0.1) is 0 Å². The molecule has 100 valence electrons. The summed E-state index contributed by atoms with van der Waals surface area (Å²) in [7, 11) is 0. The number of fused-ring (bicyclic) bond motifs is 3. The Hall–Kier alpha value is -1.84. The summed E-state index contributed by atoms with van der Waals surface area (Å²) in [6.45, 7) is 1.43. The van der Waals surface area contributed by atoms with Gasteiger partial charge in [-0.05, 0) is 36.8 Å². The molecule has 0 aromatic heterocycles. The minimum Gasteiger partial charge on any atom is -0.481 e. The van der Waals surface area contributed by atoms with Gasteiger partial charge in [0.15, 0.2) is 0 Å². The average Bonchev–Trinajstić information content (AvgIpc) is 3.11. The maximum absolute atomic E-state index is 11.8. The SMILES string of the molecule is CC(C(=O)O)C(=O)NC1C2CCc3ccccc3C21. The van der Waals surface area contributed by atoms with Gasteiger partial charge in [0, 0.05) is 12.0 Å². The lowest BCUT2D eigenvalue weighted by molar-refractivity contribution is -0.146. The number of aliphatic carboxylic acids is 1. The Balaban J connectivity index is 1.71. The van der Waals surface area contributed by atoms with Crippen LogP contribution >= 0.6 is 0 Å². The Labute approximate surface area is 111 Å². The van der Waals surface area contributed by atoms with E-state index in [-0.39, 0.29) is 11.9 Å². The van der Waals surface area contributed by atoms with E-state index in [1.807, 2.05) is 12.1 Å². The number of aryl methyl sites for hydroxylation is 1. The Morgan fingerprint density at radius 3 is 2.84 bits per heavy atom. The van der Waals surface area contributed by atoms with Crippen LogP contribution in [0.5, 0.6) is 0 Å². The number of carboxylic acid groups (broad SMARTS) is 1. The quantitative estimate of drug-likeness (QED) is 0.809. The number of carbonyl (C=O) groups excluding carboxylic acids is 1. The van der Waals surface area contributed by atoms with Crippen LogP contribution in [0.3, 0.4) is 0 Å². The Morgan fingerprint density at radius 1 is 1.37 bits per heavy atom. The van der Waals surface area contributed by atoms with Gasteiger partial charge in [-0.15, -0.1) is 0 Å². The molecule has 2 aliphatic rings. The molecule has 1 aromatic carbocycles. The first kappa shape index (κ1) is 12.2. The Morgan fingerprint density at radius 2 is 2.11 bits per heavy atom. The second-order valence-electron chi connectivity index (χ2n) is 5.52. The number of nitrogens with one attached hydrogen (secondary N) is 1. The number of rotatable bonds is 3. The van der Waals surface area contributed by atoms with Crippen molar-refractivity contribution in [1.82, 2.24) is 5.32 Å². The second kappa shape index (κ2) is 4.37. The first-order chi connectivity index (χ1) is 9.09. The molecule has 0 spiro atoms. The smallest absolute Gasteiger partial charge is 0.315 e. The van der Waals surface area contributed by atoms with Crippen molar-refractivity contribution >= 4 is 11.9 Å². The van der Waals surface area contributed by atoms with Gasteiger partial charge in [-0.1, -0.05) is 24.3 Å². The summed E-state index contributed by atoms with van der Waals surface area (Å²) in [6.07, 6.45) is 2.13. The summed E-state index contributed by atoms with van der Waals surface area (Å²) in [4.78, 5) is 22.6. The Bertz CT molecular complexity index is 540. The molecule has 1 fully saturated rings. The fourth-order valence-electron chi connectivity index (χ4n) is 3.16. The van der Waals surface area contributed by atoms with Crippen LogP contribution in [0.15, 0.2) is 24.3 Å². The van der Waals surface area contributed by atoms with Crippen molar-refractivity contribution in [1.29, 1.82) is 0 Å². The van der Waals surface area contributed by atoms with E-state index in [2.05, 4.69) is 17.4 Å². The van der Waals surface area contributed by atoms with E-state index >= 15 is 0 Å². The predicted octanol–water partition coefficient (Wildman–Crippen LogP) is 1.55. The third-order valence-corrected chi connectivity index (χ3v) is 4.40. The van der Waals surface area contributed by atoms with Crippen molar-refractivity contribution in [2.24, 2.45) is 11.8 Å². The number of carbonyl (C=O) groups is 2. The van der Waals surface area contributed by atoms with E-state index < -0.39 is 11.9 Å².